The van der Waals surface area contributed by atoms with Crippen LogP contribution in [0.5, 0.6) is 0 Å². The van der Waals surface area contributed by atoms with Crippen LogP contribution in [0.2, 0.25) is 0 Å². The van der Waals surface area contributed by atoms with Crippen LogP contribution in [-0.2, 0) is 65.4 Å². The molecule has 0 rings (SSSR count). The molecule has 3 N–H and O–H groups in total. The summed E-state index contributed by atoms with van der Waals surface area (Å²) in [6.07, 6.45) is 34.3. The van der Waals surface area contributed by atoms with E-state index in [0.29, 0.717) is 25.7 Å². The predicted octanol–water partition coefficient (Wildman–Crippen LogP) is 14.8. The van der Waals surface area contributed by atoms with Crippen LogP contribution in [-0.4, -0.2) is 96.7 Å². The van der Waals surface area contributed by atoms with Crippen LogP contribution in [0.3, 0.4) is 0 Å². The number of rotatable bonds is 57. The Morgan fingerprint density at radius 2 is 0.533 bits per heavy atom. The molecule has 0 fully saturated rings. The molecule has 0 saturated carbocycles. The van der Waals surface area contributed by atoms with E-state index in [-0.39, 0.29) is 25.7 Å². The third-order valence-electron chi connectivity index (χ3n) is 12.9. The molecule has 0 saturated heterocycles. The van der Waals surface area contributed by atoms with Gasteiger partial charge in [-0.25, -0.2) is 9.13 Å². The van der Waals surface area contributed by atoms with E-state index < -0.39 is 97.5 Å². The summed E-state index contributed by atoms with van der Waals surface area (Å²) >= 11 is 0. The van der Waals surface area contributed by atoms with Crippen molar-refractivity contribution in [1.29, 1.82) is 0 Å². The largest absolute Gasteiger partial charge is 0.472 e. The van der Waals surface area contributed by atoms with Crippen molar-refractivity contribution in [2.24, 2.45) is 0 Å². The molecule has 0 aliphatic heterocycles. The summed E-state index contributed by atoms with van der Waals surface area (Å²) in [6.45, 7) is 4.64. The zero-order valence-electron chi connectivity index (χ0n) is 47.5. The lowest BCUT2D eigenvalue weighted by Gasteiger charge is -2.21. The molecular formula is C56H108O17P2. The van der Waals surface area contributed by atoms with Crippen molar-refractivity contribution in [2.45, 2.75) is 296 Å². The Balaban J connectivity index is 5.09. The third kappa shape index (κ3) is 51.3. The molecule has 0 aromatic carbocycles. The summed E-state index contributed by atoms with van der Waals surface area (Å²) in [7, 11) is -9.85. The molecule has 0 spiro atoms. The van der Waals surface area contributed by atoms with E-state index in [2.05, 4.69) is 27.7 Å². The SMILES string of the molecule is CCCCCCCCCCCCCCCCCCC(=O)O[C@H](COC(=O)CCCCCCCCCCC)COP(=O)(O)OC[C@@H](O)COP(=O)(O)OC[C@@H](COC(=O)CCCCCCC)OC(=O)CCCCCCC. The molecule has 0 bridgehead atoms. The second kappa shape index (κ2) is 51.5. The Morgan fingerprint density at radius 1 is 0.320 bits per heavy atom. The predicted molar refractivity (Wildman–Crippen MR) is 294 cm³/mol. The minimum Gasteiger partial charge on any atom is -0.462 e. The maximum atomic E-state index is 12.9. The molecule has 0 amide bonds. The molecule has 5 atom stereocenters. The highest BCUT2D eigenvalue weighted by atomic mass is 31.2. The minimum absolute atomic E-state index is 0.0990. The van der Waals surface area contributed by atoms with E-state index in [0.717, 1.165) is 96.3 Å². The van der Waals surface area contributed by atoms with Crippen molar-refractivity contribution >= 4 is 39.5 Å². The molecule has 444 valence electrons. The Hall–Kier alpha value is -1.94. The highest BCUT2D eigenvalue weighted by Gasteiger charge is 2.30. The molecule has 19 heteroatoms. The van der Waals surface area contributed by atoms with Gasteiger partial charge in [0.1, 0.15) is 19.3 Å². The topological polar surface area (TPSA) is 237 Å². The number of esters is 4. The van der Waals surface area contributed by atoms with Crippen LogP contribution in [0.25, 0.3) is 0 Å². The molecular weight excluding hydrogens is 1010 g/mol. The molecule has 0 aromatic heterocycles. The van der Waals surface area contributed by atoms with Crippen molar-refractivity contribution in [3.63, 3.8) is 0 Å². The average molecular weight is 1120 g/mol. The number of hydrogen-bond donors (Lipinski definition) is 3. The van der Waals surface area contributed by atoms with Crippen LogP contribution >= 0.6 is 15.6 Å². The van der Waals surface area contributed by atoms with Crippen molar-refractivity contribution in [1.82, 2.24) is 0 Å². The quantitative estimate of drug-likeness (QED) is 0.0222. The van der Waals surface area contributed by atoms with Gasteiger partial charge in [-0.2, -0.15) is 0 Å². The molecule has 0 aromatic rings. The lowest BCUT2D eigenvalue weighted by Crippen LogP contribution is -2.30. The van der Waals surface area contributed by atoms with Gasteiger partial charge in [0.05, 0.1) is 26.4 Å². The number of unbranched alkanes of at least 4 members (excludes halogenated alkanes) is 31. The molecule has 0 aliphatic carbocycles. The molecule has 17 nitrogen and oxygen atoms in total. The molecule has 0 radical (unpaired) electrons. The summed E-state index contributed by atoms with van der Waals surface area (Å²) in [6, 6.07) is 0. The number of phosphoric acid groups is 2. The van der Waals surface area contributed by atoms with Gasteiger partial charge in [-0.15, -0.1) is 0 Å². The lowest BCUT2D eigenvalue weighted by atomic mass is 10.0. The van der Waals surface area contributed by atoms with Crippen molar-refractivity contribution in [2.75, 3.05) is 39.6 Å². The summed E-state index contributed by atoms with van der Waals surface area (Å²) < 4.78 is 67.2. The zero-order chi connectivity index (χ0) is 55.5. The van der Waals surface area contributed by atoms with Crippen molar-refractivity contribution in [3.8, 4) is 0 Å². The Kier molecular flexibility index (Phi) is 50.2. The van der Waals surface area contributed by atoms with Gasteiger partial charge in [-0.05, 0) is 25.7 Å². The Bertz CT molecular complexity index is 1470. The number of carbonyl (C=O) groups is 4. The first-order chi connectivity index (χ1) is 36.2. The van der Waals surface area contributed by atoms with E-state index in [1.807, 2.05) is 0 Å². The average Bonchev–Trinajstić information content (AvgIpc) is 3.38. The van der Waals surface area contributed by atoms with Gasteiger partial charge in [0.25, 0.3) is 0 Å². The fourth-order valence-electron chi connectivity index (χ4n) is 8.22. The number of aliphatic hydroxyl groups is 1. The van der Waals surface area contributed by atoms with Gasteiger partial charge in [0, 0.05) is 25.7 Å². The number of aliphatic hydroxyl groups excluding tert-OH is 1. The zero-order valence-corrected chi connectivity index (χ0v) is 49.3. The molecule has 75 heavy (non-hydrogen) atoms. The summed E-state index contributed by atoms with van der Waals surface area (Å²) in [5.74, 6) is -2.17. The van der Waals surface area contributed by atoms with E-state index in [9.17, 15) is 43.2 Å². The van der Waals surface area contributed by atoms with E-state index in [4.69, 9.17) is 37.0 Å². The molecule has 0 heterocycles. The smallest absolute Gasteiger partial charge is 0.462 e. The van der Waals surface area contributed by atoms with Gasteiger partial charge in [0.2, 0.25) is 0 Å². The fourth-order valence-corrected chi connectivity index (χ4v) is 9.80. The standard InChI is InChI=1S/C56H108O17P2/c1-5-9-13-17-19-21-22-23-24-25-26-27-29-31-35-39-43-56(61)73-52(47-67-54(59)41-37-34-30-28-20-18-14-10-6-2)49-71-75(64,65)69-45-50(57)44-68-74(62,63)70-48-51(72-55(60)42-38-33-16-12-8-4)46-66-53(58)40-36-32-15-11-7-3/h50-52,57H,5-49H2,1-4H3,(H,62,63)(H,64,65)/t50-,51+,52+/m0/s1. The highest BCUT2D eigenvalue weighted by Crippen LogP contribution is 2.45. The lowest BCUT2D eigenvalue weighted by molar-refractivity contribution is -0.161. The van der Waals surface area contributed by atoms with Gasteiger partial charge in [0.15, 0.2) is 12.2 Å². The fraction of sp³-hybridized carbons (Fsp3) is 0.929. The summed E-state index contributed by atoms with van der Waals surface area (Å²) in [4.78, 5) is 71.3. The maximum absolute atomic E-state index is 12.9. The number of phosphoric ester groups is 2. The second-order valence-corrected chi connectivity index (χ2v) is 23.2. The van der Waals surface area contributed by atoms with Gasteiger partial charge >= 0.3 is 39.5 Å². The van der Waals surface area contributed by atoms with E-state index in [1.54, 1.807) is 0 Å². The summed E-state index contributed by atoms with van der Waals surface area (Å²) in [5.41, 5.74) is 0. The minimum atomic E-state index is -4.93. The number of carbonyl (C=O) groups excluding carboxylic acids is 4. The second-order valence-electron chi connectivity index (χ2n) is 20.3. The van der Waals surface area contributed by atoms with Crippen LogP contribution < -0.4 is 0 Å². The first-order valence-corrected chi connectivity index (χ1v) is 32.8. The van der Waals surface area contributed by atoms with Gasteiger partial charge in [-0.1, -0.05) is 227 Å². The third-order valence-corrected chi connectivity index (χ3v) is 14.8. The Labute approximate surface area is 454 Å². The molecule has 0 aliphatic rings. The molecule has 2 unspecified atom stereocenters. The highest BCUT2D eigenvalue weighted by molar-refractivity contribution is 7.47. The van der Waals surface area contributed by atoms with Gasteiger partial charge < -0.3 is 33.8 Å². The maximum Gasteiger partial charge on any atom is 0.472 e. The van der Waals surface area contributed by atoms with Crippen molar-refractivity contribution < 1.29 is 80.2 Å². The van der Waals surface area contributed by atoms with Crippen molar-refractivity contribution in [3.05, 3.63) is 0 Å². The van der Waals surface area contributed by atoms with Crippen LogP contribution in [0.4, 0.5) is 0 Å². The van der Waals surface area contributed by atoms with Crippen LogP contribution in [0.1, 0.15) is 278 Å². The van der Waals surface area contributed by atoms with Crippen LogP contribution in [0.15, 0.2) is 0 Å². The first kappa shape index (κ1) is 73.1. The number of ether oxygens (including phenoxy) is 4. The van der Waals surface area contributed by atoms with E-state index in [1.165, 1.54) is 103 Å². The monoisotopic (exact) mass is 1110 g/mol. The summed E-state index contributed by atoms with van der Waals surface area (Å²) in [5, 5.41) is 10.4. The van der Waals surface area contributed by atoms with E-state index >= 15 is 0 Å². The Morgan fingerprint density at radius 3 is 0.787 bits per heavy atom. The van der Waals surface area contributed by atoms with Crippen LogP contribution in [0, 0.1) is 0 Å². The van der Waals surface area contributed by atoms with Gasteiger partial charge in [-0.3, -0.25) is 37.3 Å². The first-order valence-electron chi connectivity index (χ1n) is 29.8. The normalized spacial score (nSPS) is 14.4. The number of hydrogen-bond acceptors (Lipinski definition) is 15.